The van der Waals surface area contributed by atoms with Gasteiger partial charge in [0.25, 0.3) is 0 Å². The lowest BCUT2D eigenvalue weighted by Gasteiger charge is -2.15. The number of fused-ring (bicyclic) bond motifs is 1. The van der Waals surface area contributed by atoms with Crippen molar-refractivity contribution in [2.75, 3.05) is 11.9 Å². The number of nitrogens with zero attached hydrogens (tertiary/aromatic N) is 2. The average Bonchev–Trinajstić information content (AvgIpc) is 2.69. The fourth-order valence-corrected chi connectivity index (χ4v) is 2.66. The molecule has 0 atom stereocenters. The van der Waals surface area contributed by atoms with Crippen LogP contribution in [0.1, 0.15) is 6.42 Å². The largest absolute Gasteiger partial charge is 0.356 e. The highest BCUT2D eigenvalue weighted by atomic mass is 79.9. The standard InChI is InChI=1S/C12H11BrFN3/c13-11-10(8-2-4-9(14)5-3-8)16-12-15-6-1-7-17(11)12/h2-5H,1,6-7H2,(H,15,16). The summed E-state index contributed by atoms with van der Waals surface area (Å²) >= 11 is 3.56. The minimum atomic E-state index is -0.230. The molecule has 0 spiro atoms. The molecule has 0 aliphatic carbocycles. The van der Waals surface area contributed by atoms with Crippen molar-refractivity contribution in [3.63, 3.8) is 0 Å². The normalized spacial score (nSPS) is 14.2. The lowest BCUT2D eigenvalue weighted by Crippen LogP contribution is -2.17. The minimum absolute atomic E-state index is 0.230. The number of rotatable bonds is 1. The molecule has 17 heavy (non-hydrogen) atoms. The zero-order valence-corrected chi connectivity index (χ0v) is 10.7. The summed E-state index contributed by atoms with van der Waals surface area (Å²) in [5.74, 6) is 0.648. The third kappa shape index (κ3) is 1.84. The Morgan fingerprint density at radius 3 is 2.76 bits per heavy atom. The van der Waals surface area contributed by atoms with Gasteiger partial charge in [0, 0.05) is 18.7 Å². The Balaban J connectivity index is 2.09. The van der Waals surface area contributed by atoms with Gasteiger partial charge in [-0.25, -0.2) is 9.37 Å². The van der Waals surface area contributed by atoms with E-state index >= 15 is 0 Å². The van der Waals surface area contributed by atoms with Crippen molar-refractivity contribution in [1.82, 2.24) is 9.55 Å². The van der Waals surface area contributed by atoms with E-state index in [1.165, 1.54) is 12.1 Å². The van der Waals surface area contributed by atoms with E-state index in [1.807, 2.05) is 0 Å². The van der Waals surface area contributed by atoms with Crippen LogP contribution in [0.5, 0.6) is 0 Å². The van der Waals surface area contributed by atoms with E-state index in [0.717, 1.165) is 41.3 Å². The van der Waals surface area contributed by atoms with Gasteiger partial charge in [-0.3, -0.25) is 0 Å². The molecule has 3 rings (SSSR count). The molecule has 0 unspecified atom stereocenters. The molecule has 1 aliphatic rings. The van der Waals surface area contributed by atoms with E-state index in [9.17, 15) is 4.39 Å². The summed E-state index contributed by atoms with van der Waals surface area (Å²) in [5.41, 5.74) is 1.77. The summed E-state index contributed by atoms with van der Waals surface area (Å²) in [7, 11) is 0. The predicted octanol–water partition coefficient (Wildman–Crippen LogP) is 3.27. The molecule has 0 fully saturated rings. The van der Waals surface area contributed by atoms with E-state index in [-0.39, 0.29) is 5.82 Å². The van der Waals surface area contributed by atoms with Crippen molar-refractivity contribution < 1.29 is 4.39 Å². The highest BCUT2D eigenvalue weighted by Gasteiger charge is 2.18. The van der Waals surface area contributed by atoms with Crippen LogP contribution in [0.15, 0.2) is 28.9 Å². The minimum Gasteiger partial charge on any atom is -0.356 e. The van der Waals surface area contributed by atoms with Crippen molar-refractivity contribution in [3.8, 4) is 11.3 Å². The molecule has 0 bridgehead atoms. The monoisotopic (exact) mass is 295 g/mol. The molecule has 1 aliphatic heterocycles. The number of imidazole rings is 1. The van der Waals surface area contributed by atoms with Crippen LogP contribution in [0.25, 0.3) is 11.3 Å². The van der Waals surface area contributed by atoms with Crippen LogP contribution in [0.3, 0.4) is 0 Å². The van der Waals surface area contributed by atoms with Crippen LogP contribution in [-0.4, -0.2) is 16.1 Å². The molecule has 88 valence electrons. The zero-order chi connectivity index (χ0) is 11.8. The average molecular weight is 296 g/mol. The van der Waals surface area contributed by atoms with Gasteiger partial charge in [-0.15, -0.1) is 0 Å². The third-order valence-electron chi connectivity index (χ3n) is 2.87. The van der Waals surface area contributed by atoms with Crippen molar-refractivity contribution in [1.29, 1.82) is 0 Å². The molecule has 1 aromatic carbocycles. The fourth-order valence-electron chi connectivity index (χ4n) is 2.00. The molecule has 0 saturated carbocycles. The van der Waals surface area contributed by atoms with Crippen LogP contribution in [-0.2, 0) is 6.54 Å². The van der Waals surface area contributed by atoms with Crippen molar-refractivity contribution >= 4 is 21.9 Å². The van der Waals surface area contributed by atoms with Crippen LogP contribution >= 0.6 is 15.9 Å². The first-order valence-corrected chi connectivity index (χ1v) is 6.31. The molecular formula is C12H11BrFN3. The van der Waals surface area contributed by atoms with Gasteiger partial charge in [-0.1, -0.05) is 0 Å². The van der Waals surface area contributed by atoms with E-state index in [2.05, 4.69) is 30.8 Å². The first-order valence-electron chi connectivity index (χ1n) is 5.51. The Labute approximate surface area is 107 Å². The number of hydrogen-bond donors (Lipinski definition) is 1. The lowest BCUT2D eigenvalue weighted by molar-refractivity contribution is 0.618. The van der Waals surface area contributed by atoms with Crippen molar-refractivity contribution in [3.05, 3.63) is 34.7 Å². The predicted molar refractivity (Wildman–Crippen MR) is 68.4 cm³/mol. The topological polar surface area (TPSA) is 29.9 Å². The maximum atomic E-state index is 12.9. The maximum Gasteiger partial charge on any atom is 0.204 e. The van der Waals surface area contributed by atoms with E-state index < -0.39 is 0 Å². The van der Waals surface area contributed by atoms with Crippen molar-refractivity contribution in [2.24, 2.45) is 0 Å². The molecule has 1 aromatic heterocycles. The van der Waals surface area contributed by atoms with E-state index in [0.29, 0.717) is 0 Å². The smallest absolute Gasteiger partial charge is 0.204 e. The van der Waals surface area contributed by atoms with Gasteiger partial charge in [-0.2, -0.15) is 0 Å². The highest BCUT2D eigenvalue weighted by Crippen LogP contribution is 2.32. The highest BCUT2D eigenvalue weighted by molar-refractivity contribution is 9.10. The SMILES string of the molecule is Fc1ccc(-c2nc3n(c2Br)CCCN3)cc1. The van der Waals surface area contributed by atoms with E-state index in [4.69, 9.17) is 0 Å². The number of aromatic nitrogens is 2. The maximum absolute atomic E-state index is 12.9. The summed E-state index contributed by atoms with van der Waals surface area (Å²) in [4.78, 5) is 4.53. The molecule has 0 amide bonds. The van der Waals surface area contributed by atoms with Crippen LogP contribution < -0.4 is 5.32 Å². The summed E-state index contributed by atoms with van der Waals surface area (Å²) in [6.07, 6.45) is 1.09. The number of benzene rings is 1. The molecule has 0 saturated heterocycles. The second-order valence-electron chi connectivity index (χ2n) is 4.01. The van der Waals surface area contributed by atoms with Gasteiger partial charge >= 0.3 is 0 Å². The van der Waals surface area contributed by atoms with Gasteiger partial charge in [-0.05, 0) is 46.6 Å². The quantitative estimate of drug-likeness (QED) is 0.875. The number of nitrogens with one attached hydrogen (secondary N) is 1. The second-order valence-corrected chi connectivity index (χ2v) is 4.76. The second kappa shape index (κ2) is 4.14. The van der Waals surface area contributed by atoms with Gasteiger partial charge in [0.15, 0.2) is 0 Å². The first-order chi connectivity index (χ1) is 8.25. The van der Waals surface area contributed by atoms with Crippen LogP contribution in [0.4, 0.5) is 10.3 Å². The van der Waals surface area contributed by atoms with Crippen LogP contribution in [0, 0.1) is 5.82 Å². The van der Waals surface area contributed by atoms with Gasteiger partial charge in [0.05, 0.1) is 0 Å². The zero-order valence-electron chi connectivity index (χ0n) is 9.08. The van der Waals surface area contributed by atoms with E-state index in [1.54, 1.807) is 12.1 Å². The molecule has 5 heteroatoms. The third-order valence-corrected chi connectivity index (χ3v) is 3.67. The number of hydrogen-bond acceptors (Lipinski definition) is 2. The van der Waals surface area contributed by atoms with Crippen LogP contribution in [0.2, 0.25) is 0 Å². The van der Waals surface area contributed by atoms with Crippen molar-refractivity contribution in [2.45, 2.75) is 13.0 Å². The lowest BCUT2D eigenvalue weighted by atomic mass is 10.2. The first kappa shape index (κ1) is 10.8. The Hall–Kier alpha value is -1.36. The Morgan fingerprint density at radius 2 is 2.06 bits per heavy atom. The number of anilines is 1. The van der Waals surface area contributed by atoms with Gasteiger partial charge in [0.1, 0.15) is 16.1 Å². The molecule has 0 radical (unpaired) electrons. The molecule has 1 N–H and O–H groups in total. The number of halogens is 2. The summed E-state index contributed by atoms with van der Waals surface area (Å²) in [5, 5.41) is 3.25. The Kier molecular flexibility index (Phi) is 2.63. The Morgan fingerprint density at radius 1 is 1.29 bits per heavy atom. The fraction of sp³-hybridized carbons (Fsp3) is 0.250. The Bertz CT molecular complexity index is 548. The summed E-state index contributed by atoms with van der Waals surface area (Å²) < 4.78 is 15.9. The molecule has 2 aromatic rings. The summed E-state index contributed by atoms with van der Waals surface area (Å²) in [6, 6.07) is 6.39. The summed E-state index contributed by atoms with van der Waals surface area (Å²) in [6.45, 7) is 1.91. The molecule has 3 nitrogen and oxygen atoms in total. The molecular weight excluding hydrogens is 285 g/mol. The van der Waals surface area contributed by atoms with Gasteiger partial charge in [0.2, 0.25) is 5.95 Å². The van der Waals surface area contributed by atoms with Gasteiger partial charge < -0.3 is 9.88 Å². The molecule has 2 heterocycles.